The van der Waals surface area contributed by atoms with Crippen LogP contribution < -0.4 is 0 Å². The molecule has 0 aliphatic rings. The minimum absolute atomic E-state index is 0.151. The average molecular weight is 309 g/mol. The van der Waals surface area contributed by atoms with Crippen LogP contribution in [0.2, 0.25) is 0 Å². The van der Waals surface area contributed by atoms with E-state index in [9.17, 15) is 13.6 Å². The fourth-order valence-electron chi connectivity index (χ4n) is 2.20. The van der Waals surface area contributed by atoms with Crippen molar-refractivity contribution >= 4 is 17.5 Å². The van der Waals surface area contributed by atoms with E-state index in [1.807, 2.05) is 44.2 Å². The summed E-state index contributed by atoms with van der Waals surface area (Å²) in [5.74, 6) is -1.52. The minimum Gasteiger partial charge on any atom is -0.332 e. The lowest BCUT2D eigenvalue weighted by atomic mass is 10.1. The van der Waals surface area contributed by atoms with Crippen molar-refractivity contribution in [3.05, 3.63) is 59.4 Å². The van der Waals surface area contributed by atoms with Gasteiger partial charge < -0.3 is 4.57 Å². The molecule has 5 heteroatoms. The van der Waals surface area contributed by atoms with E-state index in [1.54, 1.807) is 0 Å². The first-order chi connectivity index (χ1) is 10.1. The number of carbonyl (C=O) groups is 1. The lowest BCUT2D eigenvalue weighted by Gasteiger charge is -2.17. The van der Waals surface area contributed by atoms with Crippen LogP contribution >= 0.6 is 11.8 Å². The van der Waals surface area contributed by atoms with Crippen molar-refractivity contribution < 1.29 is 13.6 Å². The molecule has 0 aliphatic heterocycles. The molecule has 0 saturated carbocycles. The number of rotatable bonds is 6. The smallest absolute Gasteiger partial charge is 0.192 e. The standard InChI is InChI=1S/C16H17F2NOS/c1-3-21-10-14(20)16-15(18)13(17)9-19(16)11(2)12-7-5-4-6-8-12/h4-9,11H,3,10H2,1-2H3/t11-/m1/s1. The Kier molecular flexibility index (Phi) is 5.17. The van der Waals surface area contributed by atoms with E-state index in [-0.39, 0.29) is 23.3 Å². The molecule has 0 unspecified atom stereocenters. The van der Waals surface area contributed by atoms with Gasteiger partial charge in [0.2, 0.25) is 0 Å². The lowest BCUT2D eigenvalue weighted by molar-refractivity contribution is 0.100. The number of hydrogen-bond donors (Lipinski definition) is 0. The molecule has 21 heavy (non-hydrogen) atoms. The maximum absolute atomic E-state index is 14.0. The molecule has 0 aliphatic carbocycles. The zero-order valence-electron chi connectivity index (χ0n) is 12.0. The summed E-state index contributed by atoms with van der Waals surface area (Å²) >= 11 is 1.39. The Balaban J connectivity index is 2.40. The second-order valence-corrected chi connectivity index (χ2v) is 5.97. The van der Waals surface area contributed by atoms with Crippen molar-refractivity contribution in [3.8, 4) is 0 Å². The van der Waals surface area contributed by atoms with E-state index in [0.29, 0.717) is 0 Å². The fraction of sp³-hybridized carbons (Fsp3) is 0.312. The first kappa shape index (κ1) is 15.8. The SMILES string of the molecule is CCSCC(=O)c1c(F)c(F)cn1[C@H](C)c1ccccc1. The Labute approximate surface area is 127 Å². The largest absolute Gasteiger partial charge is 0.332 e. The highest BCUT2D eigenvalue weighted by Crippen LogP contribution is 2.25. The Morgan fingerprint density at radius 2 is 1.95 bits per heavy atom. The number of halogens is 2. The molecule has 112 valence electrons. The predicted molar refractivity (Wildman–Crippen MR) is 81.9 cm³/mol. The van der Waals surface area contributed by atoms with Gasteiger partial charge in [-0.2, -0.15) is 11.8 Å². The number of aromatic nitrogens is 1. The van der Waals surface area contributed by atoms with Gasteiger partial charge in [-0.15, -0.1) is 0 Å². The van der Waals surface area contributed by atoms with E-state index in [4.69, 9.17) is 0 Å². The van der Waals surface area contributed by atoms with Gasteiger partial charge in [0, 0.05) is 6.20 Å². The van der Waals surface area contributed by atoms with Gasteiger partial charge in [-0.05, 0) is 18.2 Å². The van der Waals surface area contributed by atoms with Crippen molar-refractivity contribution in [1.82, 2.24) is 4.57 Å². The third kappa shape index (κ3) is 3.35. The molecule has 0 N–H and O–H groups in total. The highest BCUT2D eigenvalue weighted by Gasteiger charge is 2.25. The molecule has 2 nitrogen and oxygen atoms in total. The van der Waals surface area contributed by atoms with Crippen LogP contribution in [0.15, 0.2) is 36.5 Å². The summed E-state index contributed by atoms with van der Waals surface area (Å²) in [6.45, 7) is 3.73. The number of nitrogens with zero attached hydrogens (tertiary/aromatic N) is 1. The lowest BCUT2D eigenvalue weighted by Crippen LogP contribution is -2.16. The van der Waals surface area contributed by atoms with Crippen LogP contribution in [-0.2, 0) is 0 Å². The van der Waals surface area contributed by atoms with Gasteiger partial charge in [0.05, 0.1) is 11.8 Å². The maximum Gasteiger partial charge on any atom is 0.192 e. The molecule has 1 aromatic heterocycles. The van der Waals surface area contributed by atoms with Crippen molar-refractivity contribution in [2.24, 2.45) is 0 Å². The van der Waals surface area contributed by atoms with E-state index < -0.39 is 11.6 Å². The predicted octanol–water partition coefficient (Wildman–Crippen LogP) is 4.31. The van der Waals surface area contributed by atoms with Crippen molar-refractivity contribution in [2.45, 2.75) is 19.9 Å². The number of thioether (sulfide) groups is 1. The minimum atomic E-state index is -1.06. The summed E-state index contributed by atoms with van der Waals surface area (Å²) in [7, 11) is 0. The highest BCUT2D eigenvalue weighted by atomic mass is 32.2. The molecule has 0 radical (unpaired) electrons. The Morgan fingerprint density at radius 3 is 2.57 bits per heavy atom. The van der Waals surface area contributed by atoms with Crippen LogP contribution in [0.25, 0.3) is 0 Å². The molecule has 0 spiro atoms. The maximum atomic E-state index is 14.0. The monoisotopic (exact) mass is 309 g/mol. The first-order valence-corrected chi connectivity index (χ1v) is 7.93. The molecule has 0 amide bonds. The third-order valence-corrected chi connectivity index (χ3v) is 4.20. The third-order valence-electron chi connectivity index (χ3n) is 3.33. The number of Topliss-reactive ketones (excluding diaryl/α,β-unsaturated/α-hetero) is 1. The zero-order chi connectivity index (χ0) is 15.4. The fourth-order valence-corrected chi connectivity index (χ4v) is 2.72. The van der Waals surface area contributed by atoms with Crippen molar-refractivity contribution in [3.63, 3.8) is 0 Å². The summed E-state index contributed by atoms with van der Waals surface area (Å²) in [5.41, 5.74) is 0.717. The Hall–Kier alpha value is -1.62. The number of benzene rings is 1. The average Bonchev–Trinajstić information content (AvgIpc) is 2.80. The summed E-state index contributed by atoms with van der Waals surface area (Å²) in [6.07, 6.45) is 1.07. The van der Waals surface area contributed by atoms with Gasteiger partial charge in [0.25, 0.3) is 0 Å². The number of ketones is 1. The molecule has 0 fully saturated rings. The molecule has 1 aromatic carbocycles. The number of carbonyl (C=O) groups excluding carboxylic acids is 1. The summed E-state index contributed by atoms with van der Waals surface area (Å²) in [6, 6.07) is 9.02. The van der Waals surface area contributed by atoms with Gasteiger partial charge in [0.1, 0.15) is 5.69 Å². The molecular weight excluding hydrogens is 292 g/mol. The van der Waals surface area contributed by atoms with Crippen LogP contribution in [0, 0.1) is 11.6 Å². The van der Waals surface area contributed by atoms with Gasteiger partial charge in [-0.25, -0.2) is 8.78 Å². The van der Waals surface area contributed by atoms with Gasteiger partial charge in [0.15, 0.2) is 17.4 Å². The van der Waals surface area contributed by atoms with E-state index in [1.165, 1.54) is 16.3 Å². The molecule has 2 rings (SSSR count). The quantitative estimate of drug-likeness (QED) is 0.742. The zero-order valence-corrected chi connectivity index (χ0v) is 12.8. The van der Waals surface area contributed by atoms with Gasteiger partial charge >= 0.3 is 0 Å². The summed E-state index contributed by atoms with van der Waals surface area (Å²) in [4.78, 5) is 12.1. The molecule has 0 bridgehead atoms. The second-order valence-electron chi connectivity index (χ2n) is 4.69. The normalized spacial score (nSPS) is 12.4. The first-order valence-electron chi connectivity index (χ1n) is 6.78. The molecular formula is C16H17F2NOS. The number of hydrogen-bond acceptors (Lipinski definition) is 2. The Bertz CT molecular complexity index is 625. The summed E-state index contributed by atoms with van der Waals surface area (Å²) in [5, 5.41) is 0. The van der Waals surface area contributed by atoms with Crippen LogP contribution in [0.3, 0.4) is 0 Å². The molecule has 1 atom stereocenters. The van der Waals surface area contributed by atoms with Crippen LogP contribution in [-0.4, -0.2) is 21.9 Å². The second kappa shape index (κ2) is 6.89. The van der Waals surface area contributed by atoms with Crippen LogP contribution in [0.4, 0.5) is 8.78 Å². The van der Waals surface area contributed by atoms with Gasteiger partial charge in [-0.3, -0.25) is 4.79 Å². The van der Waals surface area contributed by atoms with Crippen molar-refractivity contribution in [1.29, 1.82) is 0 Å². The van der Waals surface area contributed by atoms with E-state index in [0.717, 1.165) is 17.5 Å². The van der Waals surface area contributed by atoms with Crippen LogP contribution in [0.5, 0.6) is 0 Å². The molecule has 2 aromatic rings. The molecule has 0 saturated heterocycles. The van der Waals surface area contributed by atoms with Crippen LogP contribution in [0.1, 0.15) is 35.9 Å². The summed E-state index contributed by atoms with van der Waals surface area (Å²) < 4.78 is 28.9. The molecule has 1 heterocycles. The highest BCUT2D eigenvalue weighted by molar-refractivity contribution is 7.99. The van der Waals surface area contributed by atoms with Gasteiger partial charge in [-0.1, -0.05) is 37.3 Å². The van der Waals surface area contributed by atoms with E-state index in [2.05, 4.69) is 0 Å². The van der Waals surface area contributed by atoms with E-state index >= 15 is 0 Å². The Morgan fingerprint density at radius 1 is 1.29 bits per heavy atom. The van der Waals surface area contributed by atoms with Crippen molar-refractivity contribution in [2.75, 3.05) is 11.5 Å². The topological polar surface area (TPSA) is 22.0 Å².